The maximum Gasteiger partial charge on any atom is 0.115 e. The Morgan fingerprint density at radius 3 is 0.577 bits per heavy atom. The molecule has 0 aliphatic heterocycles. The summed E-state index contributed by atoms with van der Waals surface area (Å²) < 4.78 is 0. The molecule has 0 aromatic heterocycles. The number of phenols is 10. The molecule has 0 saturated heterocycles. The molecule has 10 heteroatoms. The van der Waals surface area contributed by atoms with E-state index in [1.807, 2.05) is 121 Å². The first kappa shape index (κ1) is 77.8. The first-order valence-corrected chi connectivity index (χ1v) is 39.8. The predicted molar refractivity (Wildman–Crippen MR) is 446 cm³/mol. The minimum atomic E-state index is -0.192. The summed E-state index contributed by atoms with van der Waals surface area (Å²) in [4.78, 5) is 0. The number of rotatable bonds is 10. The highest BCUT2D eigenvalue weighted by Crippen LogP contribution is 2.52. The van der Waals surface area contributed by atoms with E-state index in [1.165, 1.54) is 11.1 Å². The maximum atomic E-state index is 11.5. The van der Waals surface area contributed by atoms with E-state index in [0.29, 0.717) is 51.4 Å². The van der Waals surface area contributed by atoms with Gasteiger partial charge in [0.1, 0.15) is 57.5 Å². The number of hydrogen-bond acceptors (Lipinski definition) is 10. The third kappa shape index (κ3) is 20.4. The summed E-state index contributed by atoms with van der Waals surface area (Å²) >= 11 is 0. The fraction of sp³-hybridized carbons (Fsp3) is 0.287. The second kappa shape index (κ2) is 36.0. The quantitative estimate of drug-likeness (QED) is 0.0628. The van der Waals surface area contributed by atoms with Gasteiger partial charge < -0.3 is 51.1 Å². The average Bonchev–Trinajstić information content (AvgIpc) is 0.829. The van der Waals surface area contributed by atoms with Crippen LogP contribution >= 0.6 is 0 Å². The SMILES string of the molecule is CC1CC(c2cccc(O)c2)CC(c2cccc(O)c2)CC(c2cccc(O)c2)CC(c2cccc(O)c2)CC(C)c2ccc(cc2)C(C)C(c2cccc(O)c2)CC(c2ccc(O)cc2)CC(c2cccc(O)c2)CC(c2cccc(O)c2)CC(c2cccc(O)c2)CC(c2ccc(O)cc2)CC(C)c2ccc1cc2. The molecule has 10 nitrogen and oxygen atoms in total. The highest BCUT2D eigenvalue weighted by molar-refractivity contribution is 5.43. The van der Waals surface area contributed by atoms with Gasteiger partial charge in [0.15, 0.2) is 0 Å². The maximum absolute atomic E-state index is 11.5. The molecule has 10 N–H and O–H groups in total. The molecule has 12 aromatic rings. The van der Waals surface area contributed by atoms with Crippen LogP contribution in [0.2, 0.25) is 0 Å². The first-order valence-electron chi connectivity index (χ1n) is 39.8. The van der Waals surface area contributed by atoms with Crippen LogP contribution in [0.25, 0.3) is 0 Å². The van der Waals surface area contributed by atoms with Crippen LogP contribution in [0.4, 0.5) is 0 Å². The summed E-state index contributed by atoms with van der Waals surface area (Å²) in [6.07, 6.45) is 7.38. The zero-order valence-electron chi connectivity index (χ0n) is 64.0. The molecule has 4 bridgehead atoms. The van der Waals surface area contributed by atoms with Crippen LogP contribution in [-0.4, -0.2) is 51.1 Å². The van der Waals surface area contributed by atoms with E-state index in [0.717, 1.165) is 86.0 Å². The molecule has 16 rings (SSSR count). The van der Waals surface area contributed by atoms with E-state index in [-0.39, 0.29) is 140 Å². The van der Waals surface area contributed by atoms with Gasteiger partial charge in [-0.1, -0.05) is 198 Å². The Hall–Kier alpha value is -11.4. The molecule has 111 heavy (non-hydrogen) atoms. The summed E-state index contributed by atoms with van der Waals surface area (Å²) in [6.45, 7) is 9.14. The van der Waals surface area contributed by atoms with Gasteiger partial charge in [0.25, 0.3) is 0 Å². The molecule has 0 heterocycles. The van der Waals surface area contributed by atoms with Crippen LogP contribution in [0.5, 0.6) is 57.5 Å². The molecule has 4 aliphatic rings. The van der Waals surface area contributed by atoms with Crippen molar-refractivity contribution in [2.75, 3.05) is 0 Å². The van der Waals surface area contributed by atoms with Crippen LogP contribution in [0.1, 0.15) is 259 Å². The summed E-state index contributed by atoms with van der Waals surface area (Å²) in [7, 11) is 0. The molecule has 0 amide bonds. The van der Waals surface area contributed by atoms with Gasteiger partial charge >= 0.3 is 0 Å². The number of hydrogen-bond donors (Lipinski definition) is 10. The Bertz CT molecular complexity index is 5000. The molecule has 570 valence electrons. The zero-order chi connectivity index (χ0) is 77.7. The van der Waals surface area contributed by atoms with Gasteiger partial charge in [0, 0.05) is 0 Å². The third-order valence-electron chi connectivity index (χ3n) is 24.6. The van der Waals surface area contributed by atoms with Gasteiger partial charge in [0.2, 0.25) is 0 Å². The van der Waals surface area contributed by atoms with E-state index in [1.54, 1.807) is 72.8 Å². The van der Waals surface area contributed by atoms with Crippen molar-refractivity contribution in [2.45, 2.75) is 181 Å². The van der Waals surface area contributed by atoms with Gasteiger partial charge in [-0.15, -0.1) is 0 Å². The van der Waals surface area contributed by atoms with Crippen LogP contribution in [0.3, 0.4) is 0 Å². The highest BCUT2D eigenvalue weighted by Gasteiger charge is 2.35. The van der Waals surface area contributed by atoms with Gasteiger partial charge in [-0.3, -0.25) is 0 Å². The normalized spacial score (nSPS) is 23.6. The van der Waals surface area contributed by atoms with Crippen molar-refractivity contribution in [1.82, 2.24) is 0 Å². The van der Waals surface area contributed by atoms with E-state index < -0.39 is 0 Å². The lowest BCUT2D eigenvalue weighted by molar-refractivity contribution is 0.375. The van der Waals surface area contributed by atoms with Crippen molar-refractivity contribution >= 4 is 0 Å². The highest BCUT2D eigenvalue weighted by atomic mass is 16.3. The molecular weight excluding hydrogens is 1370 g/mol. The van der Waals surface area contributed by atoms with E-state index in [2.05, 4.69) is 125 Å². The molecular formula is C101H106O10. The first-order chi connectivity index (χ1) is 53.7. The van der Waals surface area contributed by atoms with Crippen molar-refractivity contribution in [1.29, 1.82) is 0 Å². The lowest BCUT2D eigenvalue weighted by Crippen LogP contribution is -2.18. The van der Waals surface area contributed by atoms with Gasteiger partial charge in [-0.05, 0) is 353 Å². The van der Waals surface area contributed by atoms with E-state index in [9.17, 15) is 51.1 Å². The largest absolute Gasteiger partial charge is 0.508 e. The third-order valence-corrected chi connectivity index (χ3v) is 24.6. The van der Waals surface area contributed by atoms with Gasteiger partial charge in [-0.2, -0.15) is 0 Å². The Morgan fingerprint density at radius 2 is 0.342 bits per heavy atom. The summed E-state index contributed by atoms with van der Waals surface area (Å²) in [5.41, 5.74) is 14.7. The molecule has 0 saturated carbocycles. The minimum absolute atomic E-state index is 0.0373. The summed E-state index contributed by atoms with van der Waals surface area (Å²) in [5, 5.41) is 113. The lowest BCUT2D eigenvalue weighted by Gasteiger charge is -2.34. The molecule has 0 radical (unpaired) electrons. The Morgan fingerprint density at radius 1 is 0.162 bits per heavy atom. The monoisotopic (exact) mass is 1480 g/mol. The number of benzene rings is 12. The fourth-order valence-electron chi connectivity index (χ4n) is 18.6. The average molecular weight is 1480 g/mol. The topological polar surface area (TPSA) is 202 Å². The molecule has 14 atom stereocenters. The van der Waals surface area contributed by atoms with Crippen LogP contribution in [0.15, 0.2) is 291 Å². The Balaban J connectivity index is 0.956. The van der Waals surface area contributed by atoms with Crippen LogP contribution in [-0.2, 0) is 0 Å². The zero-order valence-corrected chi connectivity index (χ0v) is 64.0. The molecule has 4 aliphatic carbocycles. The predicted octanol–water partition coefficient (Wildman–Crippen LogP) is 25.0. The molecule has 0 spiro atoms. The fourth-order valence-corrected chi connectivity index (χ4v) is 18.6. The van der Waals surface area contributed by atoms with E-state index >= 15 is 0 Å². The molecule has 14 unspecified atom stereocenters. The Kier molecular flexibility index (Phi) is 25.2. The number of aromatic hydroxyl groups is 10. The van der Waals surface area contributed by atoms with Crippen molar-refractivity contribution in [3.8, 4) is 57.5 Å². The molecule has 12 aromatic carbocycles. The van der Waals surface area contributed by atoms with E-state index in [4.69, 9.17) is 0 Å². The minimum Gasteiger partial charge on any atom is -0.508 e. The van der Waals surface area contributed by atoms with Gasteiger partial charge in [0.05, 0.1) is 0 Å². The number of phenolic OH excluding ortho intramolecular Hbond substituents is 10. The smallest absolute Gasteiger partial charge is 0.115 e. The van der Waals surface area contributed by atoms with Crippen molar-refractivity contribution in [3.05, 3.63) is 369 Å². The van der Waals surface area contributed by atoms with Crippen molar-refractivity contribution in [3.63, 3.8) is 0 Å². The second-order valence-electron chi connectivity index (χ2n) is 32.2. The Labute approximate surface area is 655 Å². The second-order valence-corrected chi connectivity index (χ2v) is 32.2. The van der Waals surface area contributed by atoms with Crippen molar-refractivity contribution < 1.29 is 51.1 Å². The van der Waals surface area contributed by atoms with Crippen molar-refractivity contribution in [2.24, 2.45) is 0 Å². The summed E-state index contributed by atoms with van der Waals surface area (Å²) in [6, 6.07) is 94.4. The van der Waals surface area contributed by atoms with Crippen LogP contribution < -0.4 is 0 Å². The lowest BCUT2D eigenvalue weighted by atomic mass is 9.70. The van der Waals surface area contributed by atoms with Crippen LogP contribution in [0, 0.1) is 0 Å². The molecule has 0 fully saturated rings. The standard InChI is InChI=1S/C101H106O10/c1-64-45-82(72-37-41-91(102)42-38-72)48-85(76-15-7-23-95(106)57-76)51-88(79-18-10-26-98(109)60-79)53-89(80-19-11-27-99(110)61-80)54-90(73-39-43-92(103)44-40-73)63-101(81-20-12-28-100(111)62-81)67(4)71-35-33-70(34-36-71)66(3)47-84(75-14-6-22-94(105)56-75)50-87(78-17-9-25-97(108)59-78)52-86(77-16-8-24-96(107)58-77)49-83(74-13-5-21-93(104)55-74)46-65(2)69-31-29-68(64)30-32-69/h5-44,55-62,64-67,82-90,101-111H,45-54,63H2,1-4H3. The van der Waals surface area contributed by atoms with Gasteiger partial charge in [-0.25, -0.2) is 0 Å². The summed E-state index contributed by atoms with van der Waals surface area (Å²) in [5.74, 6) is 0.549.